The monoisotopic (exact) mass is 359 g/mol. The summed E-state index contributed by atoms with van der Waals surface area (Å²) in [6, 6.07) is 10.0. The molecule has 3 aromatic rings. The van der Waals surface area contributed by atoms with Crippen LogP contribution in [-0.2, 0) is 0 Å². The number of halogens is 1. The molecule has 0 fully saturated rings. The summed E-state index contributed by atoms with van der Waals surface area (Å²) in [5, 5.41) is 10.8. The van der Waals surface area contributed by atoms with Crippen LogP contribution in [-0.4, -0.2) is 34.7 Å². The summed E-state index contributed by atoms with van der Waals surface area (Å²) in [6.07, 6.45) is 3.64. The molecule has 0 saturated carbocycles. The van der Waals surface area contributed by atoms with Gasteiger partial charge in [-0.1, -0.05) is 24.3 Å². The van der Waals surface area contributed by atoms with Gasteiger partial charge in [0.05, 0.1) is 24.0 Å². The summed E-state index contributed by atoms with van der Waals surface area (Å²) in [5.74, 6) is 0.827. The molecule has 0 atom stereocenters. The summed E-state index contributed by atoms with van der Waals surface area (Å²) in [6.45, 7) is 3.87. The number of hydrogen-bond donors (Lipinski definition) is 2. The third kappa shape index (κ3) is 3.93. The molecule has 0 aliphatic heterocycles. The minimum Gasteiger partial charge on any atom is -0.370 e. The number of hydrogen-bond acceptors (Lipinski definition) is 5. The first kappa shape index (κ1) is 17.7. The number of anilines is 1. The van der Waals surface area contributed by atoms with E-state index in [0.717, 1.165) is 48.6 Å². The summed E-state index contributed by atoms with van der Waals surface area (Å²) in [4.78, 5) is 5.07. The van der Waals surface area contributed by atoms with Crippen molar-refractivity contribution in [1.82, 2.24) is 19.9 Å². The van der Waals surface area contributed by atoms with Gasteiger partial charge >= 0.3 is 0 Å². The van der Waals surface area contributed by atoms with Gasteiger partial charge in [-0.05, 0) is 38.9 Å². The topological polar surface area (TPSA) is 54.2 Å². The van der Waals surface area contributed by atoms with Gasteiger partial charge in [0.15, 0.2) is 5.65 Å². The molecule has 7 heteroatoms. The number of benzene rings is 1. The third-order valence-electron chi connectivity index (χ3n) is 4.10. The first-order valence-corrected chi connectivity index (χ1v) is 9.08. The van der Waals surface area contributed by atoms with Crippen LogP contribution in [0.15, 0.2) is 41.4 Å². The van der Waals surface area contributed by atoms with E-state index < -0.39 is 0 Å². The average Bonchev–Trinajstić information content (AvgIpc) is 3.05. The van der Waals surface area contributed by atoms with Crippen molar-refractivity contribution in [2.75, 3.05) is 25.5 Å². The van der Waals surface area contributed by atoms with Crippen LogP contribution < -0.4 is 10.6 Å². The van der Waals surface area contributed by atoms with Crippen LogP contribution in [0.1, 0.15) is 18.4 Å². The second-order valence-electron chi connectivity index (χ2n) is 5.90. The van der Waals surface area contributed by atoms with Gasteiger partial charge in [-0.25, -0.2) is 4.98 Å². The summed E-state index contributed by atoms with van der Waals surface area (Å²) in [5.41, 5.74) is 3.53. The van der Waals surface area contributed by atoms with Crippen LogP contribution in [0, 0.1) is 6.92 Å². The van der Waals surface area contributed by atoms with Crippen molar-refractivity contribution in [3.05, 3.63) is 42.1 Å². The molecule has 0 saturated heterocycles. The SMILES string of the molecule is CNCCCCNc1cc(-c2ccccc2C)nc2c(SF)cnn12. The van der Waals surface area contributed by atoms with Crippen LogP contribution in [0.4, 0.5) is 9.70 Å². The zero-order valence-electron chi connectivity index (χ0n) is 14.4. The first-order valence-electron chi connectivity index (χ1n) is 8.36. The van der Waals surface area contributed by atoms with Crippen LogP contribution >= 0.6 is 12.1 Å². The van der Waals surface area contributed by atoms with Crippen molar-refractivity contribution in [2.45, 2.75) is 24.7 Å². The fraction of sp³-hybridized carbons (Fsp3) is 0.333. The van der Waals surface area contributed by atoms with E-state index in [4.69, 9.17) is 0 Å². The molecule has 0 amide bonds. The van der Waals surface area contributed by atoms with E-state index in [0.29, 0.717) is 10.5 Å². The molecule has 5 nitrogen and oxygen atoms in total. The van der Waals surface area contributed by atoms with E-state index in [1.165, 1.54) is 6.20 Å². The predicted molar refractivity (Wildman–Crippen MR) is 102 cm³/mol. The standard InChI is InChI=1S/C18H22FN5S/c1-13-7-3-4-8-14(13)15-11-17(21-10-6-5-9-20-2)24-18(23-15)16(25-19)12-22-24/h3-4,7-8,11-12,20-21H,5-6,9-10H2,1-2H3. The minimum absolute atomic E-state index is 0.175. The second-order valence-corrected chi connectivity index (χ2v) is 6.49. The number of nitrogens with one attached hydrogen (secondary N) is 2. The highest BCUT2D eigenvalue weighted by Gasteiger charge is 2.14. The van der Waals surface area contributed by atoms with E-state index in [1.54, 1.807) is 4.52 Å². The van der Waals surface area contributed by atoms with Crippen LogP contribution in [0.3, 0.4) is 0 Å². The molecule has 2 heterocycles. The maximum Gasteiger partial charge on any atom is 0.174 e. The molecule has 132 valence electrons. The number of rotatable bonds is 8. The van der Waals surface area contributed by atoms with Gasteiger partial charge in [0.25, 0.3) is 0 Å². The van der Waals surface area contributed by atoms with Crippen LogP contribution in [0.2, 0.25) is 0 Å². The minimum atomic E-state index is 0.175. The van der Waals surface area contributed by atoms with Gasteiger partial charge in [-0.15, -0.1) is 0 Å². The maximum absolute atomic E-state index is 13.2. The molecule has 0 radical (unpaired) electrons. The summed E-state index contributed by atoms with van der Waals surface area (Å²) < 4.78 is 14.9. The van der Waals surface area contributed by atoms with Gasteiger partial charge in [-0.2, -0.15) is 13.5 Å². The molecule has 1 aromatic carbocycles. The Morgan fingerprint density at radius 2 is 2.00 bits per heavy atom. The van der Waals surface area contributed by atoms with E-state index in [1.807, 2.05) is 44.3 Å². The Balaban J connectivity index is 1.97. The number of aromatic nitrogens is 3. The fourth-order valence-corrected chi connectivity index (χ4v) is 3.05. The highest BCUT2D eigenvalue weighted by molar-refractivity contribution is 7.94. The highest BCUT2D eigenvalue weighted by atomic mass is 32.2. The Hall–Kier alpha value is -2.12. The number of fused-ring (bicyclic) bond motifs is 1. The van der Waals surface area contributed by atoms with Crippen molar-refractivity contribution in [3.8, 4) is 11.3 Å². The number of aryl methyl sites for hydroxylation is 1. The van der Waals surface area contributed by atoms with Gasteiger partial charge in [0.2, 0.25) is 0 Å². The lowest BCUT2D eigenvalue weighted by molar-refractivity contribution is 0.692. The van der Waals surface area contributed by atoms with Crippen molar-refractivity contribution in [1.29, 1.82) is 0 Å². The summed E-state index contributed by atoms with van der Waals surface area (Å²) >= 11 is 0.175. The molecule has 0 aliphatic rings. The lowest BCUT2D eigenvalue weighted by Gasteiger charge is -2.12. The van der Waals surface area contributed by atoms with Crippen molar-refractivity contribution < 1.29 is 3.89 Å². The molecular formula is C18H22FN5S. The predicted octanol–water partition coefficient (Wildman–Crippen LogP) is 4.09. The Bertz CT molecular complexity index is 849. The van der Waals surface area contributed by atoms with Gasteiger partial charge in [0, 0.05) is 18.2 Å². The fourth-order valence-electron chi connectivity index (χ4n) is 2.76. The molecule has 0 spiro atoms. The number of unbranched alkanes of at least 4 members (excludes halogenated alkanes) is 1. The molecule has 2 aromatic heterocycles. The molecule has 0 unspecified atom stereocenters. The van der Waals surface area contributed by atoms with Gasteiger partial charge in [-0.3, -0.25) is 0 Å². The Kier molecular flexibility index (Phi) is 5.88. The smallest absolute Gasteiger partial charge is 0.174 e. The van der Waals surface area contributed by atoms with Crippen LogP contribution in [0.5, 0.6) is 0 Å². The van der Waals surface area contributed by atoms with Crippen molar-refractivity contribution >= 4 is 23.6 Å². The quantitative estimate of drug-likeness (QED) is 0.593. The summed E-state index contributed by atoms with van der Waals surface area (Å²) in [7, 11) is 1.95. The average molecular weight is 359 g/mol. The molecule has 0 aliphatic carbocycles. The third-order valence-corrected chi connectivity index (χ3v) is 4.56. The second kappa shape index (κ2) is 8.31. The van der Waals surface area contributed by atoms with Crippen LogP contribution in [0.25, 0.3) is 16.9 Å². The molecular weight excluding hydrogens is 337 g/mol. The van der Waals surface area contributed by atoms with Gasteiger partial charge in [0.1, 0.15) is 10.7 Å². The van der Waals surface area contributed by atoms with E-state index in [2.05, 4.69) is 20.7 Å². The molecule has 3 rings (SSSR count). The van der Waals surface area contributed by atoms with E-state index in [9.17, 15) is 3.89 Å². The van der Waals surface area contributed by atoms with Gasteiger partial charge < -0.3 is 10.6 Å². The molecule has 25 heavy (non-hydrogen) atoms. The number of nitrogens with zero attached hydrogens (tertiary/aromatic N) is 3. The Labute approximate surface area is 151 Å². The largest absolute Gasteiger partial charge is 0.370 e. The zero-order valence-corrected chi connectivity index (χ0v) is 15.2. The molecule has 2 N–H and O–H groups in total. The van der Waals surface area contributed by atoms with Crippen molar-refractivity contribution in [3.63, 3.8) is 0 Å². The first-order chi connectivity index (χ1) is 12.2. The Morgan fingerprint density at radius 1 is 1.20 bits per heavy atom. The normalized spacial score (nSPS) is 11.2. The highest BCUT2D eigenvalue weighted by Crippen LogP contribution is 2.29. The van der Waals surface area contributed by atoms with E-state index >= 15 is 0 Å². The zero-order chi connectivity index (χ0) is 17.6. The van der Waals surface area contributed by atoms with Crippen molar-refractivity contribution in [2.24, 2.45) is 0 Å². The maximum atomic E-state index is 13.2. The molecule has 0 bridgehead atoms. The Morgan fingerprint density at radius 3 is 2.76 bits per heavy atom. The van der Waals surface area contributed by atoms with E-state index in [-0.39, 0.29) is 12.1 Å². The lowest BCUT2D eigenvalue weighted by Crippen LogP contribution is -2.12. The lowest BCUT2D eigenvalue weighted by atomic mass is 10.1.